The predicted molar refractivity (Wildman–Crippen MR) is 104 cm³/mol. The molecule has 0 aliphatic carbocycles. The number of rotatable bonds is 4. The highest BCUT2D eigenvalue weighted by molar-refractivity contribution is 7.10. The minimum absolute atomic E-state index is 0.282. The minimum Gasteiger partial charge on any atom is -0.453 e. The van der Waals surface area contributed by atoms with E-state index in [0.717, 1.165) is 39.1 Å². The average molecular weight is 351 g/mol. The van der Waals surface area contributed by atoms with Crippen LogP contribution in [0, 0.1) is 5.92 Å². The van der Waals surface area contributed by atoms with Gasteiger partial charge in [-0.1, -0.05) is 26.0 Å². The summed E-state index contributed by atoms with van der Waals surface area (Å²) in [6, 6.07) is 14.4. The van der Waals surface area contributed by atoms with Crippen molar-refractivity contribution >= 4 is 22.7 Å². The summed E-state index contributed by atoms with van der Waals surface area (Å²) >= 11 is 1.71. The summed E-state index contributed by atoms with van der Waals surface area (Å²) in [6.45, 7) is 4.42. The Balaban J connectivity index is 1.64. The molecule has 1 aliphatic rings. The Morgan fingerprint density at radius 1 is 1.08 bits per heavy atom. The molecule has 5 heteroatoms. The third-order valence-corrected chi connectivity index (χ3v) is 5.35. The lowest BCUT2D eigenvalue weighted by Gasteiger charge is -2.22. The van der Waals surface area contributed by atoms with E-state index >= 15 is 0 Å². The molecule has 2 N–H and O–H groups in total. The Morgan fingerprint density at radius 3 is 2.68 bits per heavy atom. The van der Waals surface area contributed by atoms with E-state index in [1.165, 1.54) is 0 Å². The van der Waals surface area contributed by atoms with Gasteiger partial charge in [-0.3, -0.25) is 0 Å². The van der Waals surface area contributed by atoms with Crippen LogP contribution in [0.1, 0.15) is 24.9 Å². The van der Waals surface area contributed by atoms with Crippen LogP contribution in [0.15, 0.2) is 47.8 Å². The quantitative estimate of drug-likeness (QED) is 0.504. The maximum absolute atomic E-state index is 5.97. The zero-order chi connectivity index (χ0) is 17.4. The van der Waals surface area contributed by atoms with E-state index in [9.17, 15) is 0 Å². The van der Waals surface area contributed by atoms with Gasteiger partial charge in [-0.2, -0.15) is 0 Å². The summed E-state index contributed by atoms with van der Waals surface area (Å²) in [5.74, 6) is 2.19. The third kappa shape index (κ3) is 3.01. The lowest BCUT2D eigenvalue weighted by molar-refractivity contribution is 0.441. The highest BCUT2D eigenvalue weighted by Crippen LogP contribution is 2.43. The van der Waals surface area contributed by atoms with Crippen molar-refractivity contribution in [2.24, 2.45) is 5.92 Å². The fraction of sp³-hybridized carbons (Fsp3) is 0.250. The topological polar surface area (TPSA) is 46.2 Å². The van der Waals surface area contributed by atoms with Crippen molar-refractivity contribution in [1.29, 1.82) is 0 Å². The molecule has 25 heavy (non-hydrogen) atoms. The molecule has 1 aromatic heterocycles. The van der Waals surface area contributed by atoms with Crippen molar-refractivity contribution in [3.63, 3.8) is 0 Å². The highest BCUT2D eigenvalue weighted by Gasteiger charge is 2.20. The molecule has 0 unspecified atom stereocenters. The Hall–Kier alpha value is -2.37. The van der Waals surface area contributed by atoms with E-state index in [0.29, 0.717) is 5.92 Å². The second-order valence-corrected chi connectivity index (χ2v) is 7.41. The van der Waals surface area contributed by atoms with E-state index < -0.39 is 0 Å². The molecule has 0 bridgehead atoms. The number of fused-ring (bicyclic) bond motifs is 2. The van der Waals surface area contributed by atoms with E-state index in [-0.39, 0.29) is 6.04 Å². The van der Waals surface area contributed by atoms with Crippen LogP contribution >= 0.6 is 11.3 Å². The van der Waals surface area contributed by atoms with Crippen LogP contribution < -0.4 is 15.4 Å². The van der Waals surface area contributed by atoms with Gasteiger partial charge in [-0.25, -0.2) is 4.98 Å². The number of ether oxygens (including phenoxy) is 1. The number of hydrogen-bond donors (Lipinski definition) is 2. The second kappa shape index (κ2) is 6.50. The number of benzene rings is 2. The zero-order valence-corrected chi connectivity index (χ0v) is 15.4. The molecule has 3 aromatic rings. The van der Waals surface area contributed by atoms with Gasteiger partial charge in [0.15, 0.2) is 11.5 Å². The molecule has 0 spiro atoms. The lowest BCUT2D eigenvalue weighted by Crippen LogP contribution is -2.21. The first kappa shape index (κ1) is 16.1. The number of nitrogens with zero attached hydrogens (tertiary/aromatic N) is 1. The maximum Gasteiger partial charge on any atom is 0.151 e. The van der Waals surface area contributed by atoms with E-state index in [4.69, 9.17) is 9.72 Å². The molecule has 1 aliphatic heterocycles. The summed E-state index contributed by atoms with van der Waals surface area (Å²) in [5.41, 5.74) is 4.06. The Labute approximate surface area is 151 Å². The first-order valence-corrected chi connectivity index (χ1v) is 9.34. The van der Waals surface area contributed by atoms with Crippen LogP contribution in [-0.2, 0) is 0 Å². The number of nitrogens with one attached hydrogen (secondary N) is 2. The molecule has 0 amide bonds. The maximum atomic E-state index is 5.97. The van der Waals surface area contributed by atoms with Gasteiger partial charge in [-0.05, 0) is 43.3 Å². The van der Waals surface area contributed by atoms with Crippen molar-refractivity contribution in [3.8, 4) is 22.8 Å². The van der Waals surface area contributed by atoms with Gasteiger partial charge in [0.25, 0.3) is 0 Å². The molecule has 1 atom stereocenters. The molecule has 2 heterocycles. The van der Waals surface area contributed by atoms with Crippen molar-refractivity contribution in [3.05, 3.63) is 52.9 Å². The molecular formula is C20H21N3OS. The van der Waals surface area contributed by atoms with Gasteiger partial charge in [0.1, 0.15) is 5.01 Å². The van der Waals surface area contributed by atoms with Gasteiger partial charge >= 0.3 is 0 Å². The molecule has 0 radical (unpaired) electrons. The number of thiazole rings is 1. The molecule has 0 saturated carbocycles. The standard InChI is InChI=1S/C20H21N3OS/c1-12(2)19(21-3)20-23-16(11-25-20)13-8-9-18-15(10-13)22-14-6-4-5-7-17(14)24-18/h4-12,19,21-22H,1-3H3/t19-/m0/s1. The second-order valence-electron chi connectivity index (χ2n) is 6.52. The number of anilines is 2. The zero-order valence-electron chi connectivity index (χ0n) is 14.5. The monoisotopic (exact) mass is 351 g/mol. The smallest absolute Gasteiger partial charge is 0.151 e. The number of para-hydroxylation sites is 2. The van der Waals surface area contributed by atoms with Crippen molar-refractivity contribution in [2.75, 3.05) is 12.4 Å². The fourth-order valence-electron chi connectivity index (χ4n) is 3.10. The third-order valence-electron chi connectivity index (χ3n) is 4.42. The summed E-state index contributed by atoms with van der Waals surface area (Å²) in [6.07, 6.45) is 0. The number of aromatic nitrogens is 1. The Morgan fingerprint density at radius 2 is 1.88 bits per heavy atom. The van der Waals surface area contributed by atoms with Gasteiger partial charge < -0.3 is 15.4 Å². The summed E-state index contributed by atoms with van der Waals surface area (Å²) in [5, 5.41) is 10.1. The minimum atomic E-state index is 0.282. The largest absolute Gasteiger partial charge is 0.453 e. The molecule has 4 nitrogen and oxygen atoms in total. The van der Waals surface area contributed by atoms with Gasteiger partial charge in [0, 0.05) is 10.9 Å². The number of hydrogen-bond acceptors (Lipinski definition) is 5. The predicted octanol–water partition coefficient (Wildman–Crippen LogP) is 5.58. The summed E-state index contributed by atoms with van der Waals surface area (Å²) < 4.78 is 5.97. The first-order chi connectivity index (χ1) is 12.2. The van der Waals surface area contributed by atoms with Crippen molar-refractivity contribution in [2.45, 2.75) is 19.9 Å². The fourth-order valence-corrected chi connectivity index (χ4v) is 4.21. The van der Waals surface area contributed by atoms with Crippen molar-refractivity contribution < 1.29 is 4.74 Å². The van der Waals surface area contributed by atoms with Crippen LogP contribution in [-0.4, -0.2) is 12.0 Å². The molecule has 0 fully saturated rings. The molecule has 4 rings (SSSR count). The SMILES string of the molecule is CN[C@H](c1nc(-c2ccc3c(c2)Nc2ccccc2O3)cs1)C(C)C. The molecule has 2 aromatic carbocycles. The van der Waals surface area contributed by atoms with E-state index in [2.05, 4.69) is 42.0 Å². The molecule has 128 valence electrons. The van der Waals surface area contributed by atoms with Gasteiger partial charge in [0.05, 0.1) is 23.1 Å². The normalized spacial score (nSPS) is 13.6. The van der Waals surface area contributed by atoms with Crippen LogP contribution in [0.3, 0.4) is 0 Å². The van der Waals surface area contributed by atoms with Crippen LogP contribution in [0.5, 0.6) is 11.5 Å². The average Bonchev–Trinajstić information content (AvgIpc) is 3.09. The Bertz CT molecular complexity index is 903. The van der Waals surface area contributed by atoms with E-state index in [1.54, 1.807) is 11.3 Å². The Kier molecular flexibility index (Phi) is 4.19. The summed E-state index contributed by atoms with van der Waals surface area (Å²) in [7, 11) is 1.99. The van der Waals surface area contributed by atoms with Gasteiger partial charge in [-0.15, -0.1) is 11.3 Å². The highest BCUT2D eigenvalue weighted by atomic mass is 32.1. The van der Waals surface area contributed by atoms with E-state index in [1.807, 2.05) is 37.4 Å². The van der Waals surface area contributed by atoms with Crippen LogP contribution in [0.25, 0.3) is 11.3 Å². The van der Waals surface area contributed by atoms with Crippen LogP contribution in [0.2, 0.25) is 0 Å². The first-order valence-electron chi connectivity index (χ1n) is 8.46. The molecular weight excluding hydrogens is 330 g/mol. The summed E-state index contributed by atoms with van der Waals surface area (Å²) in [4.78, 5) is 4.85. The molecule has 0 saturated heterocycles. The van der Waals surface area contributed by atoms with Gasteiger partial charge in [0.2, 0.25) is 0 Å². The van der Waals surface area contributed by atoms with Crippen molar-refractivity contribution in [1.82, 2.24) is 10.3 Å². The van der Waals surface area contributed by atoms with Crippen LogP contribution in [0.4, 0.5) is 11.4 Å². The lowest BCUT2D eigenvalue weighted by atomic mass is 10.1.